The van der Waals surface area contributed by atoms with Crippen molar-refractivity contribution in [1.82, 2.24) is 9.97 Å². The third-order valence-corrected chi connectivity index (χ3v) is 3.57. The van der Waals surface area contributed by atoms with E-state index < -0.39 is 0 Å². The predicted molar refractivity (Wildman–Crippen MR) is 71.7 cm³/mol. The SMILES string of the molecule is Cc1c(Cl)nc(C(C)(C)C)nc1NC1CCC1. The molecule has 0 radical (unpaired) electrons. The van der Waals surface area contributed by atoms with Crippen LogP contribution in [-0.4, -0.2) is 16.0 Å². The number of anilines is 1. The van der Waals surface area contributed by atoms with Gasteiger partial charge in [-0.25, -0.2) is 9.97 Å². The molecule has 94 valence electrons. The van der Waals surface area contributed by atoms with Crippen molar-refractivity contribution in [1.29, 1.82) is 0 Å². The lowest BCUT2D eigenvalue weighted by Crippen LogP contribution is -2.29. The quantitative estimate of drug-likeness (QED) is 0.817. The van der Waals surface area contributed by atoms with Crippen molar-refractivity contribution < 1.29 is 0 Å². The van der Waals surface area contributed by atoms with E-state index in [1.54, 1.807) is 0 Å². The van der Waals surface area contributed by atoms with Gasteiger partial charge in [-0.2, -0.15) is 0 Å². The van der Waals surface area contributed by atoms with Crippen molar-refractivity contribution in [2.45, 2.75) is 58.4 Å². The molecule has 0 aromatic carbocycles. The van der Waals surface area contributed by atoms with Crippen LogP contribution in [0.25, 0.3) is 0 Å². The van der Waals surface area contributed by atoms with E-state index in [1.807, 2.05) is 6.92 Å². The van der Waals surface area contributed by atoms with Gasteiger partial charge in [0.2, 0.25) is 0 Å². The minimum absolute atomic E-state index is 0.0760. The summed E-state index contributed by atoms with van der Waals surface area (Å²) in [6.45, 7) is 8.26. The normalized spacial score (nSPS) is 16.8. The summed E-state index contributed by atoms with van der Waals surface area (Å²) in [5, 5.41) is 4.03. The Morgan fingerprint density at radius 2 is 1.88 bits per heavy atom. The van der Waals surface area contributed by atoms with E-state index in [1.165, 1.54) is 19.3 Å². The highest BCUT2D eigenvalue weighted by atomic mass is 35.5. The van der Waals surface area contributed by atoms with Gasteiger partial charge in [0.05, 0.1) is 0 Å². The average molecular weight is 254 g/mol. The molecule has 0 bridgehead atoms. The number of rotatable bonds is 2. The van der Waals surface area contributed by atoms with E-state index in [0.29, 0.717) is 11.2 Å². The van der Waals surface area contributed by atoms with Gasteiger partial charge in [-0.3, -0.25) is 0 Å². The van der Waals surface area contributed by atoms with Crippen molar-refractivity contribution in [2.75, 3.05) is 5.32 Å². The molecule has 1 saturated carbocycles. The summed E-state index contributed by atoms with van der Waals surface area (Å²) in [4.78, 5) is 8.99. The Morgan fingerprint density at radius 3 is 2.35 bits per heavy atom. The molecule has 1 heterocycles. The second kappa shape index (κ2) is 4.45. The Morgan fingerprint density at radius 1 is 1.24 bits per heavy atom. The first kappa shape index (κ1) is 12.6. The van der Waals surface area contributed by atoms with Crippen molar-refractivity contribution in [3.63, 3.8) is 0 Å². The molecule has 4 heteroatoms. The van der Waals surface area contributed by atoms with Crippen LogP contribution >= 0.6 is 11.6 Å². The summed E-state index contributed by atoms with van der Waals surface area (Å²) >= 11 is 6.18. The second-order valence-electron chi connectivity index (χ2n) is 5.83. The summed E-state index contributed by atoms with van der Waals surface area (Å²) in [6, 6.07) is 0.562. The van der Waals surface area contributed by atoms with Crippen LogP contribution in [0.15, 0.2) is 0 Å². The number of nitrogens with zero attached hydrogens (tertiary/aromatic N) is 2. The van der Waals surface area contributed by atoms with Crippen LogP contribution in [0.5, 0.6) is 0 Å². The smallest absolute Gasteiger partial charge is 0.137 e. The van der Waals surface area contributed by atoms with Crippen LogP contribution in [-0.2, 0) is 5.41 Å². The highest BCUT2D eigenvalue weighted by Crippen LogP contribution is 2.29. The molecular weight excluding hydrogens is 234 g/mol. The maximum Gasteiger partial charge on any atom is 0.137 e. The molecule has 17 heavy (non-hydrogen) atoms. The number of halogens is 1. The van der Waals surface area contributed by atoms with E-state index in [-0.39, 0.29) is 5.41 Å². The molecule has 2 rings (SSSR count). The predicted octanol–water partition coefficient (Wildman–Crippen LogP) is 3.70. The molecule has 1 aliphatic carbocycles. The Bertz CT molecular complexity index is 419. The van der Waals surface area contributed by atoms with Gasteiger partial charge in [-0.05, 0) is 26.2 Å². The molecule has 0 atom stereocenters. The summed E-state index contributed by atoms with van der Waals surface area (Å²) in [5.74, 6) is 1.70. The molecule has 0 spiro atoms. The summed E-state index contributed by atoms with van der Waals surface area (Å²) < 4.78 is 0. The van der Waals surface area contributed by atoms with Gasteiger partial charge in [0, 0.05) is 17.0 Å². The topological polar surface area (TPSA) is 37.8 Å². The van der Waals surface area contributed by atoms with Gasteiger partial charge in [-0.15, -0.1) is 0 Å². The minimum Gasteiger partial charge on any atom is -0.367 e. The lowest BCUT2D eigenvalue weighted by molar-refractivity contribution is 0.443. The lowest BCUT2D eigenvalue weighted by Gasteiger charge is -2.28. The number of nitrogens with one attached hydrogen (secondary N) is 1. The van der Waals surface area contributed by atoms with Crippen LogP contribution in [0.4, 0.5) is 5.82 Å². The first-order chi connectivity index (χ1) is 7.88. The Labute approximate surface area is 108 Å². The zero-order valence-corrected chi connectivity index (χ0v) is 11.7. The van der Waals surface area contributed by atoms with Gasteiger partial charge in [-0.1, -0.05) is 32.4 Å². The van der Waals surface area contributed by atoms with Crippen LogP contribution in [0.3, 0.4) is 0 Å². The first-order valence-corrected chi connectivity index (χ1v) is 6.57. The highest BCUT2D eigenvalue weighted by molar-refractivity contribution is 6.30. The molecule has 1 N–H and O–H groups in total. The minimum atomic E-state index is -0.0760. The number of hydrogen-bond acceptors (Lipinski definition) is 3. The van der Waals surface area contributed by atoms with Crippen molar-refractivity contribution in [3.8, 4) is 0 Å². The molecule has 0 unspecified atom stereocenters. The molecule has 0 amide bonds. The Balaban J connectivity index is 2.32. The molecule has 1 aliphatic rings. The zero-order chi connectivity index (χ0) is 12.6. The van der Waals surface area contributed by atoms with Gasteiger partial charge in [0.1, 0.15) is 16.8 Å². The molecule has 1 aromatic rings. The van der Waals surface area contributed by atoms with E-state index in [4.69, 9.17) is 11.6 Å². The molecule has 3 nitrogen and oxygen atoms in total. The van der Waals surface area contributed by atoms with Crippen molar-refractivity contribution in [2.24, 2.45) is 0 Å². The van der Waals surface area contributed by atoms with Gasteiger partial charge in [0.15, 0.2) is 0 Å². The summed E-state index contributed by atoms with van der Waals surface area (Å²) in [7, 11) is 0. The zero-order valence-electron chi connectivity index (χ0n) is 11.0. The molecule has 1 fully saturated rings. The second-order valence-corrected chi connectivity index (χ2v) is 6.19. The van der Waals surface area contributed by atoms with Crippen LogP contribution in [0, 0.1) is 6.92 Å². The van der Waals surface area contributed by atoms with Crippen LogP contribution in [0.1, 0.15) is 51.4 Å². The van der Waals surface area contributed by atoms with Gasteiger partial charge in [0.25, 0.3) is 0 Å². The van der Waals surface area contributed by atoms with Gasteiger partial charge >= 0.3 is 0 Å². The molecule has 1 aromatic heterocycles. The third-order valence-electron chi connectivity index (χ3n) is 3.20. The van der Waals surface area contributed by atoms with Gasteiger partial charge < -0.3 is 5.32 Å². The van der Waals surface area contributed by atoms with Crippen molar-refractivity contribution in [3.05, 3.63) is 16.5 Å². The fourth-order valence-electron chi connectivity index (χ4n) is 1.71. The summed E-state index contributed by atoms with van der Waals surface area (Å²) in [5.41, 5.74) is 0.875. The number of aromatic nitrogens is 2. The van der Waals surface area contributed by atoms with E-state index in [0.717, 1.165) is 17.2 Å². The average Bonchev–Trinajstić information content (AvgIpc) is 2.15. The molecular formula is C13H20ClN3. The fourth-order valence-corrected chi connectivity index (χ4v) is 1.88. The highest BCUT2D eigenvalue weighted by Gasteiger charge is 2.23. The first-order valence-electron chi connectivity index (χ1n) is 6.19. The van der Waals surface area contributed by atoms with Crippen LogP contribution in [0.2, 0.25) is 5.15 Å². The maximum absolute atomic E-state index is 6.18. The van der Waals surface area contributed by atoms with Crippen molar-refractivity contribution >= 4 is 17.4 Å². The maximum atomic E-state index is 6.18. The summed E-state index contributed by atoms with van der Waals surface area (Å²) in [6.07, 6.45) is 3.76. The molecule has 0 aliphatic heterocycles. The molecule has 0 saturated heterocycles. The van der Waals surface area contributed by atoms with E-state index in [2.05, 4.69) is 36.1 Å². The van der Waals surface area contributed by atoms with Crippen LogP contribution < -0.4 is 5.32 Å². The Kier molecular flexibility index (Phi) is 3.30. The monoisotopic (exact) mass is 253 g/mol. The fraction of sp³-hybridized carbons (Fsp3) is 0.692. The largest absolute Gasteiger partial charge is 0.367 e. The van der Waals surface area contributed by atoms with E-state index in [9.17, 15) is 0 Å². The third kappa shape index (κ3) is 2.71. The Hall–Kier alpha value is -0.830. The van der Waals surface area contributed by atoms with E-state index >= 15 is 0 Å². The lowest BCUT2D eigenvalue weighted by atomic mass is 9.93. The standard InChI is InChI=1S/C13H20ClN3/c1-8-10(14)16-12(13(2,3)4)17-11(8)15-9-6-5-7-9/h9H,5-7H2,1-4H3,(H,15,16,17). The number of hydrogen-bond donors (Lipinski definition) is 1.